The van der Waals surface area contributed by atoms with E-state index in [1.54, 1.807) is 32.2 Å². The van der Waals surface area contributed by atoms with Crippen LogP contribution in [0.1, 0.15) is 12.5 Å². The average molecular weight is 387 g/mol. The third-order valence-corrected chi connectivity index (χ3v) is 4.70. The molecule has 0 radical (unpaired) electrons. The molecule has 6 nitrogen and oxygen atoms in total. The molecule has 1 heterocycles. The molecular formula is C19H18FN3O3S. The Kier molecular flexibility index (Phi) is 6.08. The lowest BCUT2D eigenvalue weighted by Crippen LogP contribution is -2.30. The molecule has 0 aliphatic heterocycles. The number of carbonyl (C=O) groups is 1. The molecule has 1 unspecified atom stereocenters. The molecule has 2 aromatic carbocycles. The van der Waals surface area contributed by atoms with Crippen molar-refractivity contribution in [2.24, 2.45) is 0 Å². The molecule has 0 saturated heterocycles. The average Bonchev–Trinajstić information content (AvgIpc) is 3.15. The van der Waals surface area contributed by atoms with Gasteiger partial charge in [-0.15, -0.1) is 10.2 Å². The molecule has 0 saturated carbocycles. The number of halogens is 1. The summed E-state index contributed by atoms with van der Waals surface area (Å²) in [5.41, 5.74) is 1.51. The van der Waals surface area contributed by atoms with E-state index >= 15 is 0 Å². The second-order valence-corrected chi connectivity index (χ2v) is 6.97. The van der Waals surface area contributed by atoms with Crippen LogP contribution in [0.2, 0.25) is 0 Å². The molecule has 1 amide bonds. The van der Waals surface area contributed by atoms with Crippen molar-refractivity contribution in [3.05, 3.63) is 59.9 Å². The first-order valence-electron chi connectivity index (χ1n) is 8.22. The maximum Gasteiger partial charge on any atom is 0.277 e. The number of hydrogen-bond acceptors (Lipinski definition) is 6. The number of carbonyl (C=O) groups excluding carboxylic acids is 1. The Balaban J connectivity index is 1.59. The molecule has 0 spiro atoms. The van der Waals surface area contributed by atoms with Crippen molar-refractivity contribution in [2.75, 3.05) is 7.11 Å². The van der Waals surface area contributed by atoms with E-state index in [1.165, 1.54) is 23.9 Å². The predicted molar refractivity (Wildman–Crippen MR) is 99.9 cm³/mol. The van der Waals surface area contributed by atoms with Crippen LogP contribution in [0, 0.1) is 5.82 Å². The molecule has 0 bridgehead atoms. The SMILES string of the molecule is COc1ccccc1-c1nnc(SC(C)C(=O)NCc2ccc(F)cc2)o1. The summed E-state index contributed by atoms with van der Waals surface area (Å²) in [5.74, 6) is 0.467. The number of hydrogen-bond donors (Lipinski definition) is 1. The Labute approximate surface area is 160 Å². The highest BCUT2D eigenvalue weighted by Gasteiger charge is 2.19. The van der Waals surface area contributed by atoms with Gasteiger partial charge in [-0.25, -0.2) is 4.39 Å². The van der Waals surface area contributed by atoms with Crippen molar-refractivity contribution in [3.8, 4) is 17.2 Å². The molecule has 0 fully saturated rings. The summed E-state index contributed by atoms with van der Waals surface area (Å²) >= 11 is 1.17. The number of thioether (sulfide) groups is 1. The van der Waals surface area contributed by atoms with Crippen molar-refractivity contribution >= 4 is 17.7 Å². The van der Waals surface area contributed by atoms with Crippen molar-refractivity contribution < 1.29 is 18.3 Å². The maximum atomic E-state index is 12.9. The van der Waals surface area contributed by atoms with Crippen LogP contribution in [0.25, 0.3) is 11.5 Å². The minimum absolute atomic E-state index is 0.179. The number of nitrogens with zero attached hydrogens (tertiary/aromatic N) is 2. The Morgan fingerprint density at radius 2 is 1.96 bits per heavy atom. The minimum atomic E-state index is -0.434. The zero-order valence-electron chi connectivity index (χ0n) is 14.8. The van der Waals surface area contributed by atoms with E-state index in [0.717, 1.165) is 5.56 Å². The highest BCUT2D eigenvalue weighted by molar-refractivity contribution is 8.00. The number of para-hydroxylation sites is 1. The normalized spacial score (nSPS) is 11.8. The van der Waals surface area contributed by atoms with Crippen LogP contribution >= 0.6 is 11.8 Å². The Morgan fingerprint density at radius 3 is 2.70 bits per heavy atom. The molecule has 140 valence electrons. The van der Waals surface area contributed by atoms with Crippen LogP contribution in [-0.4, -0.2) is 28.5 Å². The van der Waals surface area contributed by atoms with E-state index < -0.39 is 5.25 Å². The zero-order chi connectivity index (χ0) is 19.2. The first kappa shape index (κ1) is 18.9. The Bertz CT molecular complexity index is 915. The van der Waals surface area contributed by atoms with Crippen LogP contribution in [0.3, 0.4) is 0 Å². The topological polar surface area (TPSA) is 77.2 Å². The first-order chi connectivity index (χ1) is 13.1. The van der Waals surface area contributed by atoms with Gasteiger partial charge < -0.3 is 14.5 Å². The fraction of sp³-hybridized carbons (Fsp3) is 0.211. The third-order valence-electron chi connectivity index (χ3n) is 3.77. The quantitative estimate of drug-likeness (QED) is 0.623. The van der Waals surface area contributed by atoms with Gasteiger partial charge in [-0.1, -0.05) is 36.0 Å². The summed E-state index contributed by atoms with van der Waals surface area (Å²) < 4.78 is 23.8. The van der Waals surface area contributed by atoms with Gasteiger partial charge in [0.1, 0.15) is 11.6 Å². The monoisotopic (exact) mass is 387 g/mol. The van der Waals surface area contributed by atoms with E-state index in [0.29, 0.717) is 29.0 Å². The van der Waals surface area contributed by atoms with Crippen molar-refractivity contribution in [1.29, 1.82) is 0 Å². The van der Waals surface area contributed by atoms with Crippen molar-refractivity contribution in [1.82, 2.24) is 15.5 Å². The van der Waals surface area contributed by atoms with E-state index in [-0.39, 0.29) is 11.7 Å². The van der Waals surface area contributed by atoms with Crippen LogP contribution in [-0.2, 0) is 11.3 Å². The molecule has 1 atom stereocenters. The van der Waals surface area contributed by atoms with Crippen LogP contribution < -0.4 is 10.1 Å². The van der Waals surface area contributed by atoms with Crippen LogP contribution in [0.4, 0.5) is 4.39 Å². The van der Waals surface area contributed by atoms with Gasteiger partial charge in [0, 0.05) is 6.54 Å². The van der Waals surface area contributed by atoms with Crippen molar-refractivity contribution in [3.63, 3.8) is 0 Å². The predicted octanol–water partition coefficient (Wildman–Crippen LogP) is 3.68. The third kappa shape index (κ3) is 4.85. The van der Waals surface area contributed by atoms with Gasteiger partial charge in [0.2, 0.25) is 5.91 Å². The van der Waals surface area contributed by atoms with E-state index in [9.17, 15) is 9.18 Å². The minimum Gasteiger partial charge on any atom is -0.496 e. The smallest absolute Gasteiger partial charge is 0.277 e. The number of nitrogens with one attached hydrogen (secondary N) is 1. The molecule has 1 aromatic heterocycles. The van der Waals surface area contributed by atoms with Gasteiger partial charge in [-0.2, -0.15) is 0 Å². The molecule has 0 aliphatic carbocycles. The molecular weight excluding hydrogens is 369 g/mol. The lowest BCUT2D eigenvalue weighted by Gasteiger charge is -2.10. The van der Waals surface area contributed by atoms with Crippen molar-refractivity contribution in [2.45, 2.75) is 23.9 Å². The number of amides is 1. The van der Waals surface area contributed by atoms with Gasteiger partial charge in [0.25, 0.3) is 11.1 Å². The molecule has 0 aliphatic rings. The molecule has 27 heavy (non-hydrogen) atoms. The molecule has 8 heteroatoms. The number of methoxy groups -OCH3 is 1. The maximum absolute atomic E-state index is 12.9. The largest absolute Gasteiger partial charge is 0.496 e. The lowest BCUT2D eigenvalue weighted by molar-refractivity contribution is -0.120. The van der Waals surface area contributed by atoms with Gasteiger partial charge in [-0.3, -0.25) is 4.79 Å². The second-order valence-electron chi connectivity index (χ2n) is 5.68. The van der Waals surface area contributed by atoms with E-state index in [1.807, 2.05) is 18.2 Å². The second kappa shape index (κ2) is 8.68. The fourth-order valence-electron chi connectivity index (χ4n) is 2.33. The summed E-state index contributed by atoms with van der Waals surface area (Å²) in [4.78, 5) is 12.2. The fourth-order valence-corrected chi connectivity index (χ4v) is 3.04. The molecule has 1 N–H and O–H groups in total. The first-order valence-corrected chi connectivity index (χ1v) is 9.10. The molecule has 3 rings (SSSR count). The van der Waals surface area contributed by atoms with Gasteiger partial charge in [0.05, 0.1) is 17.9 Å². The standard InChI is InChI=1S/C19H18FN3O3S/c1-12(17(24)21-11-13-7-9-14(20)10-8-13)27-19-23-22-18(26-19)15-5-3-4-6-16(15)25-2/h3-10,12H,11H2,1-2H3,(H,21,24). The lowest BCUT2D eigenvalue weighted by atomic mass is 10.2. The Morgan fingerprint density at radius 1 is 1.22 bits per heavy atom. The highest BCUT2D eigenvalue weighted by Crippen LogP contribution is 2.31. The number of benzene rings is 2. The number of aromatic nitrogens is 2. The molecule has 3 aromatic rings. The van der Waals surface area contributed by atoms with E-state index in [2.05, 4.69) is 15.5 Å². The number of rotatable bonds is 7. The van der Waals surface area contributed by atoms with Crippen LogP contribution in [0.15, 0.2) is 58.2 Å². The summed E-state index contributed by atoms with van der Waals surface area (Å²) in [5, 5.41) is 10.7. The van der Waals surface area contributed by atoms with Gasteiger partial charge >= 0.3 is 0 Å². The number of ether oxygens (including phenoxy) is 1. The summed E-state index contributed by atoms with van der Waals surface area (Å²) in [6, 6.07) is 13.3. The van der Waals surface area contributed by atoms with Gasteiger partial charge in [0.15, 0.2) is 0 Å². The Hall–Kier alpha value is -2.87. The van der Waals surface area contributed by atoms with Crippen LogP contribution in [0.5, 0.6) is 5.75 Å². The zero-order valence-corrected chi connectivity index (χ0v) is 15.6. The summed E-state index contributed by atoms with van der Waals surface area (Å²) in [6.45, 7) is 2.07. The van der Waals surface area contributed by atoms with E-state index in [4.69, 9.17) is 9.15 Å². The highest BCUT2D eigenvalue weighted by atomic mass is 32.2. The summed E-state index contributed by atoms with van der Waals surface area (Å²) in [7, 11) is 1.57. The summed E-state index contributed by atoms with van der Waals surface area (Å²) in [6.07, 6.45) is 0. The van der Waals surface area contributed by atoms with Gasteiger partial charge in [-0.05, 0) is 36.8 Å².